The highest BCUT2D eigenvalue weighted by Crippen LogP contribution is 2.31. The van der Waals surface area contributed by atoms with Gasteiger partial charge in [-0.1, -0.05) is 36.4 Å². The molecule has 1 amide bonds. The van der Waals surface area contributed by atoms with Crippen molar-refractivity contribution in [2.24, 2.45) is 0 Å². The number of quaternary nitrogens is 1. The number of para-hydroxylation sites is 2. The Labute approximate surface area is 156 Å². The number of hydrogen-bond donors (Lipinski definition) is 1. The number of anilines is 2. The van der Waals surface area contributed by atoms with Gasteiger partial charge in [0.05, 0.1) is 26.2 Å². The zero-order valence-corrected chi connectivity index (χ0v) is 15.7. The summed E-state index contributed by atoms with van der Waals surface area (Å²) in [7, 11) is 0. The van der Waals surface area contributed by atoms with Gasteiger partial charge in [0.15, 0.2) is 6.54 Å². The minimum absolute atomic E-state index is 0.266. The monoisotopic (exact) mass is 350 g/mol. The summed E-state index contributed by atoms with van der Waals surface area (Å²) < 4.78 is 0. The molecule has 0 unspecified atom stereocenters. The number of rotatable bonds is 3. The van der Waals surface area contributed by atoms with Crippen molar-refractivity contribution >= 4 is 17.3 Å². The van der Waals surface area contributed by atoms with E-state index in [0.29, 0.717) is 6.54 Å². The van der Waals surface area contributed by atoms with E-state index in [4.69, 9.17) is 0 Å². The van der Waals surface area contributed by atoms with Crippen LogP contribution in [0, 0.1) is 6.92 Å². The Balaban J connectivity index is 1.38. The van der Waals surface area contributed by atoms with Gasteiger partial charge in [-0.15, -0.1) is 0 Å². The van der Waals surface area contributed by atoms with Crippen LogP contribution in [0.3, 0.4) is 0 Å². The van der Waals surface area contributed by atoms with Gasteiger partial charge in [0.2, 0.25) is 0 Å². The van der Waals surface area contributed by atoms with E-state index >= 15 is 0 Å². The third kappa shape index (κ3) is 3.21. The number of carbonyl (C=O) groups is 1. The molecule has 1 atom stereocenters. The molecule has 2 aliphatic heterocycles. The quantitative estimate of drug-likeness (QED) is 0.912. The summed E-state index contributed by atoms with van der Waals surface area (Å²) in [5.74, 6) is 0.266. The maximum absolute atomic E-state index is 13.0. The maximum Gasteiger partial charge on any atom is 0.282 e. The summed E-state index contributed by atoms with van der Waals surface area (Å²) in [4.78, 5) is 18.9. The van der Waals surface area contributed by atoms with Crippen molar-refractivity contribution < 1.29 is 9.69 Å². The van der Waals surface area contributed by atoms with E-state index in [1.807, 2.05) is 11.0 Å². The molecule has 1 saturated heterocycles. The lowest BCUT2D eigenvalue weighted by Gasteiger charge is -2.35. The van der Waals surface area contributed by atoms with Crippen LogP contribution in [0.1, 0.15) is 18.1 Å². The molecule has 1 fully saturated rings. The van der Waals surface area contributed by atoms with Crippen molar-refractivity contribution in [1.29, 1.82) is 0 Å². The highest BCUT2D eigenvalue weighted by Gasteiger charge is 2.33. The van der Waals surface area contributed by atoms with Crippen LogP contribution in [0.25, 0.3) is 0 Å². The van der Waals surface area contributed by atoms with Gasteiger partial charge in [-0.2, -0.15) is 0 Å². The first-order chi connectivity index (χ1) is 12.6. The van der Waals surface area contributed by atoms with E-state index in [1.54, 1.807) is 0 Å². The Morgan fingerprint density at radius 3 is 2.42 bits per heavy atom. The smallest absolute Gasteiger partial charge is 0.282 e. The van der Waals surface area contributed by atoms with Gasteiger partial charge >= 0.3 is 0 Å². The fourth-order valence-electron chi connectivity index (χ4n) is 4.40. The molecule has 2 aromatic rings. The van der Waals surface area contributed by atoms with Crippen LogP contribution in [0.15, 0.2) is 48.5 Å². The zero-order chi connectivity index (χ0) is 18.1. The molecule has 0 spiro atoms. The van der Waals surface area contributed by atoms with Crippen LogP contribution in [0.4, 0.5) is 11.4 Å². The predicted molar refractivity (Wildman–Crippen MR) is 106 cm³/mol. The molecule has 1 N–H and O–H groups in total. The van der Waals surface area contributed by atoms with Gasteiger partial charge in [-0.3, -0.25) is 4.79 Å². The van der Waals surface area contributed by atoms with E-state index in [2.05, 4.69) is 61.2 Å². The summed E-state index contributed by atoms with van der Waals surface area (Å²) in [6.45, 7) is 8.99. The molecule has 0 aliphatic carbocycles. The highest BCUT2D eigenvalue weighted by atomic mass is 16.2. The Bertz CT molecular complexity index is 795. The summed E-state index contributed by atoms with van der Waals surface area (Å²) in [6, 6.07) is 17.2. The number of nitrogens with zero attached hydrogens (tertiary/aromatic N) is 2. The number of benzene rings is 2. The second-order valence-electron chi connectivity index (χ2n) is 7.65. The molecule has 4 nitrogen and oxygen atoms in total. The molecule has 0 radical (unpaired) electrons. The van der Waals surface area contributed by atoms with Crippen molar-refractivity contribution in [3.63, 3.8) is 0 Å². The van der Waals surface area contributed by atoms with E-state index in [9.17, 15) is 4.79 Å². The Hall–Kier alpha value is -2.33. The standard InChI is InChI=1S/C22H27N3O/c1-17-7-3-5-9-20(17)24-13-11-23(12-14-24)16-22(26)25-18(2)15-19-8-4-6-10-21(19)25/h3-10,18H,11-16H2,1-2H3/p+1/t18-/m1/s1. The number of piperazine rings is 1. The second-order valence-corrected chi connectivity index (χ2v) is 7.65. The van der Waals surface area contributed by atoms with Crippen LogP contribution < -0.4 is 14.7 Å². The minimum atomic E-state index is 0.266. The molecule has 0 bridgehead atoms. The lowest BCUT2D eigenvalue weighted by atomic mass is 10.1. The Kier molecular flexibility index (Phi) is 4.68. The number of hydrogen-bond acceptors (Lipinski definition) is 2. The van der Waals surface area contributed by atoms with Crippen molar-refractivity contribution in [3.05, 3.63) is 59.7 Å². The molecule has 2 aromatic carbocycles. The van der Waals surface area contributed by atoms with Crippen molar-refractivity contribution in [2.75, 3.05) is 42.5 Å². The van der Waals surface area contributed by atoms with E-state index in [0.717, 1.165) is 38.3 Å². The third-order valence-electron chi connectivity index (χ3n) is 5.80. The van der Waals surface area contributed by atoms with Crippen molar-refractivity contribution in [2.45, 2.75) is 26.3 Å². The lowest BCUT2D eigenvalue weighted by molar-refractivity contribution is -0.892. The molecule has 2 heterocycles. The summed E-state index contributed by atoms with van der Waals surface area (Å²) >= 11 is 0. The number of aryl methyl sites for hydroxylation is 1. The topological polar surface area (TPSA) is 28.0 Å². The Morgan fingerprint density at radius 2 is 1.69 bits per heavy atom. The predicted octanol–water partition coefficient (Wildman–Crippen LogP) is 1.68. The van der Waals surface area contributed by atoms with E-state index in [-0.39, 0.29) is 11.9 Å². The van der Waals surface area contributed by atoms with Gasteiger partial charge in [0.1, 0.15) is 0 Å². The molecular weight excluding hydrogens is 322 g/mol. The van der Waals surface area contributed by atoms with Gasteiger partial charge in [-0.05, 0) is 43.5 Å². The first-order valence-electron chi connectivity index (χ1n) is 9.67. The van der Waals surface area contributed by atoms with Crippen molar-refractivity contribution in [1.82, 2.24) is 0 Å². The summed E-state index contributed by atoms with van der Waals surface area (Å²) in [6.07, 6.45) is 0.971. The average Bonchev–Trinajstić information content (AvgIpc) is 2.99. The maximum atomic E-state index is 13.0. The normalized spacial score (nSPS) is 20.3. The van der Waals surface area contributed by atoms with Gasteiger partial charge < -0.3 is 14.7 Å². The molecule has 2 aliphatic rings. The third-order valence-corrected chi connectivity index (χ3v) is 5.80. The fourth-order valence-corrected chi connectivity index (χ4v) is 4.40. The molecule has 4 heteroatoms. The first kappa shape index (κ1) is 17.1. The second kappa shape index (κ2) is 7.12. The minimum Gasteiger partial charge on any atom is -0.360 e. The number of amides is 1. The molecule has 0 saturated carbocycles. The van der Waals surface area contributed by atoms with E-state index in [1.165, 1.54) is 21.7 Å². The highest BCUT2D eigenvalue weighted by molar-refractivity contribution is 5.96. The molecule has 26 heavy (non-hydrogen) atoms. The number of carbonyl (C=O) groups excluding carboxylic acids is 1. The number of fused-ring (bicyclic) bond motifs is 1. The first-order valence-corrected chi connectivity index (χ1v) is 9.67. The van der Waals surface area contributed by atoms with Crippen LogP contribution in [-0.2, 0) is 11.2 Å². The van der Waals surface area contributed by atoms with Crippen molar-refractivity contribution in [3.8, 4) is 0 Å². The van der Waals surface area contributed by atoms with E-state index < -0.39 is 0 Å². The molecule has 0 aromatic heterocycles. The van der Waals surface area contributed by atoms with Gasteiger partial charge in [0, 0.05) is 17.4 Å². The van der Waals surface area contributed by atoms with Crippen LogP contribution in [0.5, 0.6) is 0 Å². The van der Waals surface area contributed by atoms with Gasteiger partial charge in [-0.25, -0.2) is 0 Å². The largest absolute Gasteiger partial charge is 0.360 e. The van der Waals surface area contributed by atoms with Crippen LogP contribution in [-0.4, -0.2) is 44.7 Å². The number of nitrogens with one attached hydrogen (secondary N) is 1. The fraction of sp³-hybridized carbons (Fsp3) is 0.409. The van der Waals surface area contributed by atoms with Crippen LogP contribution in [0.2, 0.25) is 0 Å². The summed E-state index contributed by atoms with van der Waals surface area (Å²) in [5, 5.41) is 0. The molecular formula is C22H28N3O+. The molecule has 136 valence electrons. The SMILES string of the molecule is Cc1ccccc1N1CC[NH+](CC(=O)N2c3ccccc3C[C@H]2C)CC1. The zero-order valence-electron chi connectivity index (χ0n) is 15.7. The van der Waals surface area contributed by atoms with Crippen LogP contribution >= 0.6 is 0 Å². The Morgan fingerprint density at radius 1 is 1.04 bits per heavy atom. The lowest BCUT2D eigenvalue weighted by Crippen LogP contribution is -3.16. The van der Waals surface area contributed by atoms with Gasteiger partial charge in [0.25, 0.3) is 5.91 Å². The molecule has 4 rings (SSSR count). The summed E-state index contributed by atoms with van der Waals surface area (Å²) in [5.41, 5.74) is 5.07. The average molecular weight is 350 g/mol.